The molecule has 28 heavy (non-hydrogen) atoms. The molecule has 1 atom stereocenters. The van der Waals surface area contributed by atoms with Crippen LogP contribution in [0.25, 0.3) is 0 Å². The zero-order chi connectivity index (χ0) is 19.6. The van der Waals surface area contributed by atoms with Gasteiger partial charge in [0, 0.05) is 31.9 Å². The molecule has 2 heterocycles. The smallest absolute Gasteiger partial charge is 0.191 e. The van der Waals surface area contributed by atoms with Crippen molar-refractivity contribution in [2.75, 3.05) is 37.7 Å². The molecule has 1 unspecified atom stereocenters. The molecule has 7 heteroatoms. The second-order valence-corrected chi connectivity index (χ2v) is 7.63. The Kier molecular flexibility index (Phi) is 8.33. The van der Waals surface area contributed by atoms with E-state index in [4.69, 9.17) is 4.74 Å². The summed E-state index contributed by atoms with van der Waals surface area (Å²) < 4.78 is 20.0. The van der Waals surface area contributed by atoms with E-state index in [-0.39, 0.29) is 11.9 Å². The predicted molar refractivity (Wildman–Crippen MR) is 111 cm³/mol. The molecule has 2 aliphatic rings. The Hall–Kier alpha value is -1.89. The Labute approximate surface area is 168 Å². The summed E-state index contributed by atoms with van der Waals surface area (Å²) >= 11 is 0. The molecule has 0 radical (unpaired) electrons. The fourth-order valence-corrected chi connectivity index (χ4v) is 3.98. The van der Waals surface area contributed by atoms with Gasteiger partial charge in [-0.15, -0.1) is 0 Å². The molecule has 0 spiro atoms. The highest BCUT2D eigenvalue weighted by Crippen LogP contribution is 2.21. The van der Waals surface area contributed by atoms with Crippen LogP contribution < -0.4 is 15.5 Å². The summed E-state index contributed by atoms with van der Waals surface area (Å²) in [5, 5.41) is 6.78. The van der Waals surface area contributed by atoms with Gasteiger partial charge in [0.1, 0.15) is 0 Å². The van der Waals surface area contributed by atoms with Crippen molar-refractivity contribution in [3.05, 3.63) is 24.1 Å². The second-order valence-electron chi connectivity index (χ2n) is 7.63. The number of hydrogen-bond acceptors (Lipinski definition) is 4. The van der Waals surface area contributed by atoms with E-state index in [9.17, 15) is 4.39 Å². The third-order valence-corrected chi connectivity index (χ3v) is 5.43. The lowest BCUT2D eigenvalue weighted by Gasteiger charge is -2.20. The lowest BCUT2D eigenvalue weighted by molar-refractivity contribution is 0.0487. The van der Waals surface area contributed by atoms with Crippen molar-refractivity contribution in [2.24, 2.45) is 4.99 Å². The van der Waals surface area contributed by atoms with Gasteiger partial charge in [-0.2, -0.15) is 0 Å². The maximum atomic E-state index is 14.0. The SMILES string of the molecule is CCNC(=NCCOC1CCCCCC1)NC1CCN(c2ncccc2F)C1. The molecule has 1 aliphatic carbocycles. The van der Waals surface area contributed by atoms with Gasteiger partial charge < -0.3 is 20.3 Å². The Morgan fingerprint density at radius 3 is 2.86 bits per heavy atom. The number of aliphatic imine (C=N–C) groups is 1. The fourth-order valence-electron chi connectivity index (χ4n) is 3.98. The summed E-state index contributed by atoms with van der Waals surface area (Å²) in [5.74, 6) is 0.977. The van der Waals surface area contributed by atoms with E-state index in [0.717, 1.165) is 32.0 Å². The van der Waals surface area contributed by atoms with Gasteiger partial charge in [-0.3, -0.25) is 4.99 Å². The summed E-state index contributed by atoms with van der Waals surface area (Å²) in [4.78, 5) is 10.8. The van der Waals surface area contributed by atoms with Crippen LogP contribution in [0, 0.1) is 5.82 Å². The van der Waals surface area contributed by atoms with Crippen LogP contribution in [0.5, 0.6) is 0 Å². The molecular weight excluding hydrogens is 357 g/mol. The molecule has 1 aromatic heterocycles. The van der Waals surface area contributed by atoms with E-state index in [1.54, 1.807) is 12.3 Å². The van der Waals surface area contributed by atoms with E-state index in [1.165, 1.54) is 44.6 Å². The number of nitrogens with one attached hydrogen (secondary N) is 2. The second kappa shape index (κ2) is 11.2. The van der Waals surface area contributed by atoms with Gasteiger partial charge in [-0.05, 0) is 38.3 Å². The minimum Gasteiger partial charge on any atom is -0.376 e. The van der Waals surface area contributed by atoms with E-state index in [1.807, 2.05) is 4.90 Å². The Morgan fingerprint density at radius 1 is 1.29 bits per heavy atom. The van der Waals surface area contributed by atoms with Crippen LogP contribution >= 0.6 is 0 Å². The quantitative estimate of drug-likeness (QED) is 0.324. The molecule has 156 valence electrons. The average Bonchev–Trinajstić information content (AvgIpc) is 2.99. The van der Waals surface area contributed by atoms with Crippen LogP contribution in [0.1, 0.15) is 51.9 Å². The van der Waals surface area contributed by atoms with Crippen molar-refractivity contribution in [1.29, 1.82) is 0 Å². The first kappa shape index (κ1) is 20.8. The topological polar surface area (TPSA) is 61.8 Å². The van der Waals surface area contributed by atoms with Gasteiger partial charge in [0.2, 0.25) is 0 Å². The lowest BCUT2D eigenvalue weighted by atomic mass is 10.1. The summed E-state index contributed by atoms with van der Waals surface area (Å²) in [6, 6.07) is 3.31. The standard InChI is InChI=1S/C21H34FN5O/c1-2-23-21(25-13-15-28-18-8-5-3-4-6-9-18)26-17-11-14-27(16-17)20-19(22)10-7-12-24-20/h7,10,12,17-18H,2-6,8-9,11,13-16H2,1H3,(H2,23,25,26). The molecule has 1 aliphatic heterocycles. The highest BCUT2D eigenvalue weighted by atomic mass is 19.1. The third kappa shape index (κ3) is 6.33. The third-order valence-electron chi connectivity index (χ3n) is 5.43. The Bertz CT molecular complexity index is 619. The van der Waals surface area contributed by atoms with Gasteiger partial charge in [0.15, 0.2) is 17.6 Å². The number of halogens is 1. The zero-order valence-corrected chi connectivity index (χ0v) is 17.0. The number of pyridine rings is 1. The monoisotopic (exact) mass is 391 g/mol. The van der Waals surface area contributed by atoms with Crippen LogP contribution in [-0.2, 0) is 4.74 Å². The van der Waals surface area contributed by atoms with Crippen molar-refractivity contribution in [1.82, 2.24) is 15.6 Å². The molecule has 0 aromatic carbocycles. The van der Waals surface area contributed by atoms with Gasteiger partial charge in [0.25, 0.3) is 0 Å². The van der Waals surface area contributed by atoms with Crippen molar-refractivity contribution in [3.63, 3.8) is 0 Å². The highest BCUT2D eigenvalue weighted by molar-refractivity contribution is 5.80. The van der Waals surface area contributed by atoms with Gasteiger partial charge in [-0.1, -0.05) is 25.7 Å². The van der Waals surface area contributed by atoms with Gasteiger partial charge >= 0.3 is 0 Å². The average molecular weight is 392 g/mol. The molecule has 2 N–H and O–H groups in total. The minimum absolute atomic E-state index is 0.224. The largest absolute Gasteiger partial charge is 0.376 e. The maximum Gasteiger partial charge on any atom is 0.191 e. The van der Waals surface area contributed by atoms with Crippen LogP contribution in [0.3, 0.4) is 0 Å². The predicted octanol–water partition coefficient (Wildman–Crippen LogP) is 3.09. The maximum absolute atomic E-state index is 14.0. The molecule has 6 nitrogen and oxygen atoms in total. The number of anilines is 1. The van der Waals surface area contributed by atoms with E-state index < -0.39 is 0 Å². The van der Waals surface area contributed by atoms with E-state index >= 15 is 0 Å². The molecule has 1 saturated carbocycles. The number of rotatable bonds is 7. The summed E-state index contributed by atoms with van der Waals surface area (Å²) in [6.45, 7) is 5.69. The molecule has 0 bridgehead atoms. The number of nitrogens with zero attached hydrogens (tertiary/aromatic N) is 3. The normalized spacial score (nSPS) is 21.6. The summed E-state index contributed by atoms with van der Waals surface area (Å²) in [6.07, 6.45) is 10.6. The summed E-state index contributed by atoms with van der Waals surface area (Å²) in [5.41, 5.74) is 0. The lowest BCUT2D eigenvalue weighted by Crippen LogP contribution is -2.45. The Morgan fingerprint density at radius 2 is 2.11 bits per heavy atom. The highest BCUT2D eigenvalue weighted by Gasteiger charge is 2.25. The number of ether oxygens (including phenoxy) is 1. The van der Waals surface area contributed by atoms with Gasteiger partial charge in [0.05, 0.1) is 19.3 Å². The molecular formula is C21H34FN5O. The van der Waals surface area contributed by atoms with E-state index in [0.29, 0.717) is 25.1 Å². The molecule has 3 rings (SSSR count). The molecule has 1 aromatic rings. The van der Waals surface area contributed by atoms with Crippen molar-refractivity contribution in [3.8, 4) is 0 Å². The summed E-state index contributed by atoms with van der Waals surface area (Å²) in [7, 11) is 0. The number of aromatic nitrogens is 1. The first-order valence-corrected chi connectivity index (χ1v) is 10.8. The molecule has 0 amide bonds. The molecule has 2 fully saturated rings. The van der Waals surface area contributed by atoms with Crippen molar-refractivity contribution in [2.45, 2.75) is 64.0 Å². The zero-order valence-electron chi connectivity index (χ0n) is 17.0. The number of guanidine groups is 1. The van der Waals surface area contributed by atoms with Crippen LogP contribution in [0.4, 0.5) is 10.2 Å². The van der Waals surface area contributed by atoms with Crippen LogP contribution in [-0.4, -0.2) is 55.9 Å². The van der Waals surface area contributed by atoms with E-state index in [2.05, 4.69) is 27.5 Å². The number of hydrogen-bond donors (Lipinski definition) is 2. The first-order valence-electron chi connectivity index (χ1n) is 10.8. The first-order chi connectivity index (χ1) is 13.8. The fraction of sp³-hybridized carbons (Fsp3) is 0.714. The van der Waals surface area contributed by atoms with Crippen LogP contribution in [0.15, 0.2) is 23.3 Å². The minimum atomic E-state index is -0.264. The molecule has 1 saturated heterocycles. The Balaban J connectivity index is 1.45. The van der Waals surface area contributed by atoms with Crippen LogP contribution in [0.2, 0.25) is 0 Å². The van der Waals surface area contributed by atoms with Crippen molar-refractivity contribution >= 4 is 11.8 Å². The van der Waals surface area contributed by atoms with Crippen molar-refractivity contribution < 1.29 is 9.13 Å². The van der Waals surface area contributed by atoms with Gasteiger partial charge in [-0.25, -0.2) is 9.37 Å².